The highest BCUT2D eigenvalue weighted by molar-refractivity contribution is 9.10. The molecule has 0 bridgehead atoms. The molecule has 5 nitrogen and oxygen atoms in total. The maximum atomic E-state index is 12.6. The summed E-state index contributed by atoms with van der Waals surface area (Å²) in [5, 5.41) is 0. The molecule has 6 heteroatoms. The molecule has 1 saturated carbocycles. The molecule has 1 aromatic heterocycles. The first-order chi connectivity index (χ1) is 12.2. The summed E-state index contributed by atoms with van der Waals surface area (Å²) >= 11 is 3.64. The Morgan fingerprint density at radius 1 is 1.24 bits per heavy atom. The number of hydrogen-bond acceptors (Lipinski definition) is 3. The van der Waals surface area contributed by atoms with Crippen LogP contribution in [0.4, 0.5) is 0 Å². The van der Waals surface area contributed by atoms with E-state index in [0.29, 0.717) is 12.5 Å². The standard InChI is InChI=1S/C19H17BrN4O/c20-15-3-1-2-14-13(15)6-7-24-17(14)8-18(21-9-19(24)25)23-10-16(22-11-23)12-4-5-12/h1-3,8,10-12H,4-7,9H2. The summed E-state index contributed by atoms with van der Waals surface area (Å²) in [6.45, 7) is 0.871. The average molecular weight is 397 g/mol. The van der Waals surface area contributed by atoms with Crippen LogP contribution in [0.25, 0.3) is 5.70 Å². The fourth-order valence-corrected chi connectivity index (χ4v) is 4.13. The molecule has 0 saturated heterocycles. The van der Waals surface area contributed by atoms with E-state index in [2.05, 4.69) is 44.2 Å². The number of nitrogens with zero attached hydrogens (tertiary/aromatic N) is 4. The van der Waals surface area contributed by atoms with E-state index >= 15 is 0 Å². The highest BCUT2D eigenvalue weighted by Gasteiger charge is 2.30. The van der Waals surface area contributed by atoms with Gasteiger partial charge in [-0.1, -0.05) is 28.1 Å². The number of aromatic nitrogens is 2. The number of rotatable bonds is 1. The van der Waals surface area contributed by atoms with Crippen LogP contribution in [-0.2, 0) is 11.2 Å². The van der Waals surface area contributed by atoms with Crippen LogP contribution in [0.15, 0.2) is 46.3 Å². The molecule has 126 valence electrons. The molecule has 2 aromatic rings. The molecule has 0 unspecified atom stereocenters. The highest BCUT2D eigenvalue weighted by atomic mass is 79.9. The third kappa shape index (κ3) is 2.56. The van der Waals surface area contributed by atoms with E-state index in [1.165, 1.54) is 18.4 Å². The van der Waals surface area contributed by atoms with Crippen LogP contribution in [0.3, 0.4) is 0 Å². The smallest absolute Gasteiger partial charge is 0.248 e. The lowest BCUT2D eigenvalue weighted by molar-refractivity contribution is -0.126. The second kappa shape index (κ2) is 5.66. The Morgan fingerprint density at radius 2 is 2.12 bits per heavy atom. The van der Waals surface area contributed by atoms with Gasteiger partial charge in [0.2, 0.25) is 5.91 Å². The van der Waals surface area contributed by atoms with Gasteiger partial charge in [0.25, 0.3) is 0 Å². The van der Waals surface area contributed by atoms with Gasteiger partial charge in [0, 0.05) is 34.8 Å². The summed E-state index contributed by atoms with van der Waals surface area (Å²) < 4.78 is 3.04. The fourth-order valence-electron chi connectivity index (χ4n) is 3.57. The van der Waals surface area contributed by atoms with E-state index in [1.807, 2.05) is 27.9 Å². The van der Waals surface area contributed by atoms with E-state index in [9.17, 15) is 4.79 Å². The minimum absolute atomic E-state index is 0.0504. The van der Waals surface area contributed by atoms with Crippen molar-refractivity contribution in [3.05, 3.63) is 58.1 Å². The minimum atomic E-state index is 0.0504. The van der Waals surface area contributed by atoms with E-state index in [0.717, 1.165) is 33.7 Å². The van der Waals surface area contributed by atoms with E-state index in [1.54, 1.807) is 0 Å². The number of imidazole rings is 1. The van der Waals surface area contributed by atoms with Crippen molar-refractivity contribution in [3.8, 4) is 0 Å². The molecule has 2 aliphatic heterocycles. The Morgan fingerprint density at radius 3 is 2.96 bits per heavy atom. The zero-order valence-electron chi connectivity index (χ0n) is 13.7. The van der Waals surface area contributed by atoms with Gasteiger partial charge < -0.3 is 4.90 Å². The number of benzene rings is 1. The predicted molar refractivity (Wildman–Crippen MR) is 99.4 cm³/mol. The third-order valence-electron chi connectivity index (χ3n) is 5.08. The molecule has 3 aliphatic rings. The summed E-state index contributed by atoms with van der Waals surface area (Å²) in [7, 11) is 0. The van der Waals surface area contributed by atoms with Gasteiger partial charge in [0.15, 0.2) is 0 Å². The van der Waals surface area contributed by atoms with Gasteiger partial charge in [0.1, 0.15) is 18.7 Å². The van der Waals surface area contributed by atoms with Gasteiger partial charge in [-0.05, 0) is 30.9 Å². The second-order valence-electron chi connectivity index (χ2n) is 6.75. The molecule has 3 heterocycles. The van der Waals surface area contributed by atoms with Gasteiger partial charge in [-0.2, -0.15) is 0 Å². The van der Waals surface area contributed by atoms with Gasteiger partial charge in [-0.3, -0.25) is 14.4 Å². The summed E-state index contributed by atoms with van der Waals surface area (Å²) in [6.07, 6.45) is 9.18. The van der Waals surface area contributed by atoms with Gasteiger partial charge >= 0.3 is 0 Å². The molecule has 1 aromatic carbocycles. The Bertz CT molecular complexity index is 939. The Labute approximate surface area is 154 Å². The quantitative estimate of drug-likeness (QED) is 0.742. The third-order valence-corrected chi connectivity index (χ3v) is 5.82. The number of carbonyl (C=O) groups excluding carboxylic acids is 1. The van der Waals surface area contributed by atoms with E-state index < -0.39 is 0 Å². The largest absolute Gasteiger partial charge is 0.310 e. The molecule has 0 radical (unpaired) electrons. The Hall–Kier alpha value is -2.21. The lowest BCUT2D eigenvalue weighted by atomic mass is 9.96. The summed E-state index contributed by atoms with van der Waals surface area (Å²) in [6, 6.07) is 6.15. The van der Waals surface area contributed by atoms with E-state index in [4.69, 9.17) is 0 Å². The number of hydrogen-bond donors (Lipinski definition) is 0. The van der Waals surface area contributed by atoms with Crippen LogP contribution in [0.5, 0.6) is 0 Å². The summed E-state index contributed by atoms with van der Waals surface area (Å²) in [5.41, 5.74) is 4.42. The van der Waals surface area contributed by atoms with Crippen LogP contribution >= 0.6 is 15.9 Å². The van der Waals surface area contributed by atoms with Crippen molar-refractivity contribution in [3.63, 3.8) is 0 Å². The van der Waals surface area contributed by atoms with Crippen molar-refractivity contribution in [2.45, 2.75) is 25.2 Å². The average Bonchev–Trinajstić information content (AvgIpc) is 3.38. The van der Waals surface area contributed by atoms with Crippen molar-refractivity contribution >= 4 is 33.4 Å². The zero-order valence-corrected chi connectivity index (χ0v) is 15.2. The maximum Gasteiger partial charge on any atom is 0.248 e. The number of amides is 1. The van der Waals surface area contributed by atoms with E-state index in [-0.39, 0.29) is 12.5 Å². The highest BCUT2D eigenvalue weighted by Crippen LogP contribution is 2.39. The Kier molecular flexibility index (Phi) is 3.41. The number of aliphatic imine (C=N–C) groups is 1. The van der Waals surface area contributed by atoms with Crippen molar-refractivity contribution < 1.29 is 4.79 Å². The van der Waals surface area contributed by atoms with Crippen LogP contribution in [0.1, 0.15) is 35.6 Å². The molecule has 0 atom stereocenters. The SMILES string of the molecule is O=C1CN=C(n2cnc(C3CC3)c2)C=C2c3cccc(Br)c3CCN12. The van der Waals surface area contributed by atoms with Crippen LogP contribution in [-0.4, -0.2) is 39.3 Å². The fraction of sp³-hybridized carbons (Fsp3) is 0.316. The molecule has 1 aliphatic carbocycles. The molecular formula is C19H17BrN4O. The topological polar surface area (TPSA) is 50.5 Å². The molecule has 25 heavy (non-hydrogen) atoms. The first-order valence-electron chi connectivity index (χ1n) is 8.59. The van der Waals surface area contributed by atoms with Crippen molar-refractivity contribution in [1.29, 1.82) is 0 Å². The van der Waals surface area contributed by atoms with Crippen molar-refractivity contribution in [2.75, 3.05) is 13.1 Å². The normalized spacial score (nSPS) is 19.7. The molecule has 5 rings (SSSR count). The maximum absolute atomic E-state index is 12.6. The number of halogens is 1. The van der Waals surface area contributed by atoms with Crippen LogP contribution in [0, 0.1) is 0 Å². The number of fused-ring (bicyclic) bond motifs is 3. The van der Waals surface area contributed by atoms with Gasteiger partial charge in [0.05, 0.1) is 11.4 Å². The first-order valence-corrected chi connectivity index (χ1v) is 9.38. The van der Waals surface area contributed by atoms with Crippen molar-refractivity contribution in [2.24, 2.45) is 4.99 Å². The minimum Gasteiger partial charge on any atom is -0.310 e. The summed E-state index contributed by atoms with van der Waals surface area (Å²) in [5.74, 6) is 1.43. The molecule has 1 fully saturated rings. The first kappa shape index (κ1) is 15.1. The second-order valence-corrected chi connectivity index (χ2v) is 7.60. The molecular weight excluding hydrogens is 380 g/mol. The molecule has 0 N–H and O–H groups in total. The summed E-state index contributed by atoms with van der Waals surface area (Å²) in [4.78, 5) is 23.5. The molecule has 1 amide bonds. The van der Waals surface area contributed by atoms with Crippen LogP contribution < -0.4 is 0 Å². The lowest BCUT2D eigenvalue weighted by Crippen LogP contribution is -2.35. The van der Waals surface area contributed by atoms with Gasteiger partial charge in [-0.15, -0.1) is 0 Å². The van der Waals surface area contributed by atoms with Gasteiger partial charge in [-0.25, -0.2) is 4.98 Å². The van der Waals surface area contributed by atoms with Crippen molar-refractivity contribution in [1.82, 2.24) is 14.5 Å². The zero-order chi connectivity index (χ0) is 17.0. The monoisotopic (exact) mass is 396 g/mol. The molecule has 0 spiro atoms. The number of carbonyl (C=O) groups is 1. The predicted octanol–water partition coefficient (Wildman–Crippen LogP) is 3.21. The van der Waals surface area contributed by atoms with Crippen LogP contribution in [0.2, 0.25) is 0 Å². The Balaban J connectivity index is 1.61. The lowest BCUT2D eigenvalue weighted by Gasteiger charge is -2.31. The number of allylic oxidation sites excluding steroid dienone is 1.